The molecule has 2 atom stereocenters. The average molecular weight is 290 g/mol. The number of urea groups is 1. The second-order valence-corrected chi connectivity index (χ2v) is 5.86. The lowest BCUT2D eigenvalue weighted by molar-refractivity contribution is -0.143. The van der Waals surface area contributed by atoms with E-state index in [-0.39, 0.29) is 6.03 Å². The maximum Gasteiger partial charge on any atom is 0.326 e. The molecule has 5 heteroatoms. The van der Waals surface area contributed by atoms with Gasteiger partial charge in [-0.15, -0.1) is 0 Å². The highest BCUT2D eigenvalue weighted by Gasteiger charge is 2.36. The third-order valence-corrected chi connectivity index (χ3v) is 4.07. The Balaban J connectivity index is 2.19. The number of carbonyl (C=O) groups excluding carboxylic acids is 1. The fourth-order valence-electron chi connectivity index (χ4n) is 2.74. The molecule has 1 aliphatic heterocycles. The van der Waals surface area contributed by atoms with Crippen LogP contribution in [0.25, 0.3) is 0 Å². The predicted octanol–water partition coefficient (Wildman–Crippen LogP) is 2.74. The SMILES string of the molecule is Cc1cccc(N(C)C(=O)N2CCC(C)CC2C(=O)O)c1. The molecule has 1 aromatic rings. The molecule has 2 rings (SSSR count). The number of likely N-dealkylation sites (tertiary alicyclic amines) is 1. The van der Waals surface area contributed by atoms with Gasteiger partial charge < -0.3 is 10.0 Å². The van der Waals surface area contributed by atoms with Gasteiger partial charge in [-0.3, -0.25) is 4.90 Å². The Morgan fingerprint density at radius 3 is 2.71 bits per heavy atom. The minimum atomic E-state index is -0.924. The van der Waals surface area contributed by atoms with Crippen molar-refractivity contribution < 1.29 is 14.7 Å². The molecule has 0 aromatic heterocycles. The number of anilines is 1. The van der Waals surface area contributed by atoms with Gasteiger partial charge in [0, 0.05) is 19.3 Å². The van der Waals surface area contributed by atoms with Crippen LogP contribution in [-0.2, 0) is 4.79 Å². The minimum Gasteiger partial charge on any atom is -0.480 e. The topological polar surface area (TPSA) is 60.9 Å². The molecule has 0 radical (unpaired) electrons. The lowest BCUT2D eigenvalue weighted by Gasteiger charge is -2.38. The Labute approximate surface area is 125 Å². The van der Waals surface area contributed by atoms with Gasteiger partial charge in [0.05, 0.1) is 0 Å². The summed E-state index contributed by atoms with van der Waals surface area (Å²) < 4.78 is 0. The van der Waals surface area contributed by atoms with E-state index >= 15 is 0 Å². The number of rotatable bonds is 2. The Kier molecular flexibility index (Phi) is 4.50. The van der Waals surface area contributed by atoms with Crippen LogP contribution in [0.1, 0.15) is 25.3 Å². The van der Waals surface area contributed by atoms with Crippen LogP contribution < -0.4 is 4.90 Å². The standard InChI is InChI=1S/C16H22N2O3/c1-11-5-4-6-13(9-11)17(3)16(21)18-8-7-12(2)10-14(18)15(19)20/h4-6,9,12,14H,7-8,10H2,1-3H3,(H,19,20). The lowest BCUT2D eigenvalue weighted by atomic mass is 9.92. The molecule has 0 saturated carbocycles. The maximum atomic E-state index is 12.6. The number of amides is 2. The molecule has 1 aliphatic rings. The van der Waals surface area contributed by atoms with E-state index in [0.29, 0.717) is 18.9 Å². The van der Waals surface area contributed by atoms with Crippen molar-refractivity contribution in [3.8, 4) is 0 Å². The smallest absolute Gasteiger partial charge is 0.326 e. The van der Waals surface area contributed by atoms with Crippen molar-refractivity contribution in [3.05, 3.63) is 29.8 Å². The van der Waals surface area contributed by atoms with Crippen LogP contribution in [0.4, 0.5) is 10.5 Å². The molecule has 1 saturated heterocycles. The number of aryl methyl sites for hydroxylation is 1. The molecule has 1 fully saturated rings. The molecule has 1 heterocycles. The number of benzene rings is 1. The van der Waals surface area contributed by atoms with E-state index < -0.39 is 12.0 Å². The molecule has 21 heavy (non-hydrogen) atoms. The summed E-state index contributed by atoms with van der Waals surface area (Å²) in [5, 5.41) is 9.36. The van der Waals surface area contributed by atoms with Gasteiger partial charge in [0.1, 0.15) is 6.04 Å². The van der Waals surface area contributed by atoms with Gasteiger partial charge in [-0.1, -0.05) is 19.1 Å². The number of carbonyl (C=O) groups is 2. The van der Waals surface area contributed by atoms with Crippen LogP contribution in [0.2, 0.25) is 0 Å². The van der Waals surface area contributed by atoms with Gasteiger partial charge in [-0.05, 0) is 43.4 Å². The molecule has 5 nitrogen and oxygen atoms in total. The monoisotopic (exact) mass is 290 g/mol. The molecule has 2 amide bonds. The summed E-state index contributed by atoms with van der Waals surface area (Å²) in [7, 11) is 1.69. The number of aliphatic carboxylic acids is 1. The summed E-state index contributed by atoms with van der Waals surface area (Å²) in [6.07, 6.45) is 1.36. The lowest BCUT2D eigenvalue weighted by Crippen LogP contribution is -2.53. The third-order valence-electron chi connectivity index (χ3n) is 4.07. The van der Waals surface area contributed by atoms with Gasteiger partial charge in [-0.2, -0.15) is 0 Å². The van der Waals surface area contributed by atoms with Gasteiger partial charge in [0.25, 0.3) is 0 Å². The van der Waals surface area contributed by atoms with Crippen molar-refractivity contribution in [2.45, 2.75) is 32.7 Å². The molecule has 1 aromatic carbocycles. The van der Waals surface area contributed by atoms with Crippen molar-refractivity contribution in [1.29, 1.82) is 0 Å². The zero-order chi connectivity index (χ0) is 15.6. The van der Waals surface area contributed by atoms with E-state index in [9.17, 15) is 14.7 Å². The second-order valence-electron chi connectivity index (χ2n) is 5.86. The van der Waals surface area contributed by atoms with Crippen LogP contribution in [0, 0.1) is 12.8 Å². The molecule has 0 aliphatic carbocycles. The highest BCUT2D eigenvalue weighted by molar-refractivity contribution is 5.94. The number of nitrogens with zero attached hydrogens (tertiary/aromatic N) is 2. The summed E-state index contributed by atoms with van der Waals surface area (Å²) in [5.74, 6) is -0.591. The summed E-state index contributed by atoms with van der Waals surface area (Å²) in [6.45, 7) is 4.49. The van der Waals surface area contributed by atoms with Crippen LogP contribution in [0.15, 0.2) is 24.3 Å². The number of carboxylic acid groups (broad SMARTS) is 1. The van der Waals surface area contributed by atoms with Crippen molar-refractivity contribution in [3.63, 3.8) is 0 Å². The van der Waals surface area contributed by atoms with E-state index in [2.05, 4.69) is 0 Å². The first kappa shape index (κ1) is 15.4. The molecule has 0 spiro atoms. The van der Waals surface area contributed by atoms with Gasteiger partial charge in [0.15, 0.2) is 0 Å². The van der Waals surface area contributed by atoms with Crippen molar-refractivity contribution >= 4 is 17.7 Å². The summed E-state index contributed by atoms with van der Waals surface area (Å²) in [6, 6.07) is 6.65. The number of hydrogen-bond donors (Lipinski definition) is 1. The van der Waals surface area contributed by atoms with E-state index in [4.69, 9.17) is 0 Å². The molecule has 114 valence electrons. The zero-order valence-electron chi connectivity index (χ0n) is 12.7. The first-order valence-corrected chi connectivity index (χ1v) is 7.24. The Hall–Kier alpha value is -2.04. The molecule has 2 unspecified atom stereocenters. The van der Waals surface area contributed by atoms with Crippen molar-refractivity contribution in [1.82, 2.24) is 4.90 Å². The summed E-state index contributed by atoms with van der Waals surface area (Å²) in [5.41, 5.74) is 1.84. The quantitative estimate of drug-likeness (QED) is 0.911. The summed E-state index contributed by atoms with van der Waals surface area (Å²) in [4.78, 5) is 27.0. The first-order chi connectivity index (χ1) is 9.90. The molecular formula is C16H22N2O3. The number of piperidine rings is 1. The van der Waals surface area contributed by atoms with Gasteiger partial charge in [0.2, 0.25) is 0 Å². The molecule has 1 N–H and O–H groups in total. The van der Waals surface area contributed by atoms with Crippen LogP contribution in [0.5, 0.6) is 0 Å². The van der Waals surface area contributed by atoms with Crippen molar-refractivity contribution in [2.75, 3.05) is 18.5 Å². The van der Waals surface area contributed by atoms with E-state index in [0.717, 1.165) is 17.7 Å². The van der Waals surface area contributed by atoms with Crippen LogP contribution in [-0.4, -0.2) is 41.6 Å². The van der Waals surface area contributed by atoms with E-state index in [1.807, 2.05) is 38.1 Å². The predicted molar refractivity (Wildman–Crippen MR) is 81.5 cm³/mol. The second kappa shape index (κ2) is 6.16. The molecule has 0 bridgehead atoms. The van der Waals surface area contributed by atoms with Gasteiger partial charge in [-0.25, -0.2) is 9.59 Å². The third kappa shape index (κ3) is 3.35. The maximum absolute atomic E-state index is 12.6. The highest BCUT2D eigenvalue weighted by atomic mass is 16.4. The van der Waals surface area contributed by atoms with E-state index in [1.165, 1.54) is 9.80 Å². The van der Waals surface area contributed by atoms with Crippen molar-refractivity contribution in [2.24, 2.45) is 5.92 Å². The Morgan fingerprint density at radius 2 is 2.10 bits per heavy atom. The largest absolute Gasteiger partial charge is 0.480 e. The Bertz CT molecular complexity index is 544. The fraction of sp³-hybridized carbons (Fsp3) is 0.500. The molecular weight excluding hydrogens is 268 g/mol. The highest BCUT2D eigenvalue weighted by Crippen LogP contribution is 2.25. The zero-order valence-corrected chi connectivity index (χ0v) is 12.7. The van der Waals surface area contributed by atoms with Gasteiger partial charge >= 0.3 is 12.0 Å². The average Bonchev–Trinajstić information content (AvgIpc) is 2.45. The number of carboxylic acids is 1. The Morgan fingerprint density at radius 1 is 1.38 bits per heavy atom. The minimum absolute atomic E-state index is 0.250. The first-order valence-electron chi connectivity index (χ1n) is 7.24. The van der Waals surface area contributed by atoms with Crippen LogP contribution >= 0.6 is 0 Å². The summed E-state index contributed by atoms with van der Waals surface area (Å²) >= 11 is 0. The normalized spacial score (nSPS) is 22.0. The number of hydrogen-bond acceptors (Lipinski definition) is 2. The van der Waals surface area contributed by atoms with E-state index in [1.54, 1.807) is 7.05 Å². The fourth-order valence-corrected chi connectivity index (χ4v) is 2.74. The van der Waals surface area contributed by atoms with Crippen LogP contribution in [0.3, 0.4) is 0 Å².